The van der Waals surface area contributed by atoms with Crippen LogP contribution in [0.15, 0.2) is 61.1 Å². The van der Waals surface area contributed by atoms with E-state index >= 15 is 0 Å². The Morgan fingerprint density at radius 2 is 1.54 bits per heavy atom. The highest BCUT2D eigenvalue weighted by molar-refractivity contribution is 5.66. The number of aryl methyl sites for hydroxylation is 1. The van der Waals surface area contributed by atoms with Crippen LogP contribution in [0, 0.1) is 0 Å². The minimum absolute atomic E-state index is 0.632. The fourth-order valence-corrected chi connectivity index (χ4v) is 2.80. The predicted octanol–water partition coefficient (Wildman–Crippen LogP) is 4.78. The van der Waals surface area contributed by atoms with Crippen LogP contribution < -0.4 is 4.90 Å². The van der Waals surface area contributed by atoms with Crippen LogP contribution >= 0.6 is 0 Å². The Morgan fingerprint density at radius 1 is 0.962 bits per heavy atom. The fraction of sp³-hybridized carbons (Fsp3) is 0.250. The molecule has 1 heterocycles. The molecule has 0 aliphatic carbocycles. The Morgan fingerprint density at radius 3 is 2.04 bits per heavy atom. The first-order chi connectivity index (χ1) is 12.3. The minimum Gasteiger partial charge on any atom is -0.374 e. The van der Waals surface area contributed by atoms with Crippen molar-refractivity contribution in [3.63, 3.8) is 0 Å². The van der Waals surface area contributed by atoms with Gasteiger partial charge in [-0.2, -0.15) is 13.2 Å². The third kappa shape index (κ3) is 4.07. The van der Waals surface area contributed by atoms with Gasteiger partial charge in [0.25, 0.3) is 0 Å². The molecule has 6 heteroatoms. The van der Waals surface area contributed by atoms with E-state index in [1.165, 1.54) is 17.8 Å². The summed E-state index contributed by atoms with van der Waals surface area (Å²) in [5, 5.41) is 0. The number of likely N-dealkylation sites (N-methyl/N-ethyl adjacent to an activating group) is 1. The molecule has 0 bridgehead atoms. The zero-order chi connectivity index (χ0) is 18.7. The molecule has 0 spiro atoms. The second-order valence-corrected chi connectivity index (χ2v) is 6.29. The van der Waals surface area contributed by atoms with Gasteiger partial charge in [0, 0.05) is 44.6 Å². The lowest BCUT2D eigenvalue weighted by Crippen LogP contribution is -2.20. The molecule has 3 rings (SSSR count). The van der Waals surface area contributed by atoms with Crippen LogP contribution in [0.3, 0.4) is 0 Å². The summed E-state index contributed by atoms with van der Waals surface area (Å²) in [6, 6.07) is 13.1. The maximum absolute atomic E-state index is 12.7. The van der Waals surface area contributed by atoms with Crippen molar-refractivity contribution in [1.82, 2.24) is 9.55 Å². The summed E-state index contributed by atoms with van der Waals surface area (Å²) in [5.41, 5.74) is 3.25. The molecule has 0 aliphatic heterocycles. The van der Waals surface area contributed by atoms with Gasteiger partial charge in [-0.15, -0.1) is 0 Å². The van der Waals surface area contributed by atoms with E-state index < -0.39 is 11.7 Å². The first-order valence-electron chi connectivity index (χ1n) is 8.28. The van der Waals surface area contributed by atoms with Crippen LogP contribution in [0.1, 0.15) is 11.3 Å². The van der Waals surface area contributed by atoms with E-state index in [1.54, 1.807) is 6.33 Å². The zero-order valence-electron chi connectivity index (χ0n) is 14.7. The molecule has 0 unspecified atom stereocenters. The number of nitrogens with zero attached hydrogens (tertiary/aromatic N) is 3. The first kappa shape index (κ1) is 18.0. The standard InChI is InChI=1S/C20H20F3N3/c1-25(12-11-19-13-24-14-26(19)2)18-9-5-16(6-10-18)15-3-7-17(8-4-15)20(21,22)23/h3-10,13-14H,11-12H2,1-2H3. The zero-order valence-corrected chi connectivity index (χ0v) is 14.7. The van der Waals surface area contributed by atoms with E-state index in [9.17, 15) is 13.2 Å². The van der Waals surface area contributed by atoms with Crippen molar-refractivity contribution in [2.45, 2.75) is 12.6 Å². The van der Waals surface area contributed by atoms with Crippen molar-refractivity contribution in [1.29, 1.82) is 0 Å². The van der Waals surface area contributed by atoms with E-state index in [0.29, 0.717) is 0 Å². The number of aromatic nitrogens is 2. The summed E-state index contributed by atoms with van der Waals surface area (Å²) in [6.45, 7) is 0.846. The van der Waals surface area contributed by atoms with Gasteiger partial charge in [-0.1, -0.05) is 24.3 Å². The number of imidazole rings is 1. The van der Waals surface area contributed by atoms with Crippen LogP contribution in [-0.2, 0) is 19.6 Å². The smallest absolute Gasteiger partial charge is 0.374 e. The minimum atomic E-state index is -4.31. The molecule has 0 aliphatic rings. The average molecular weight is 359 g/mol. The maximum Gasteiger partial charge on any atom is 0.416 e. The highest BCUT2D eigenvalue weighted by Crippen LogP contribution is 2.31. The predicted molar refractivity (Wildman–Crippen MR) is 97.1 cm³/mol. The molecule has 2 aromatic carbocycles. The Bertz CT molecular complexity index is 849. The van der Waals surface area contributed by atoms with E-state index in [-0.39, 0.29) is 0 Å². The van der Waals surface area contributed by atoms with Gasteiger partial charge in [-0.25, -0.2) is 4.98 Å². The lowest BCUT2D eigenvalue weighted by molar-refractivity contribution is -0.137. The topological polar surface area (TPSA) is 21.1 Å². The second kappa shape index (κ2) is 7.23. The van der Waals surface area contributed by atoms with Gasteiger partial charge in [0.2, 0.25) is 0 Å². The number of rotatable bonds is 5. The maximum atomic E-state index is 12.7. The van der Waals surface area contributed by atoms with E-state index in [2.05, 4.69) is 9.88 Å². The fourth-order valence-electron chi connectivity index (χ4n) is 2.80. The highest BCUT2D eigenvalue weighted by atomic mass is 19.4. The summed E-state index contributed by atoms with van der Waals surface area (Å²) < 4.78 is 40.0. The van der Waals surface area contributed by atoms with Gasteiger partial charge < -0.3 is 9.47 Å². The van der Waals surface area contributed by atoms with Crippen LogP contribution in [0.4, 0.5) is 18.9 Å². The molecule has 3 nitrogen and oxygen atoms in total. The van der Waals surface area contributed by atoms with E-state index in [1.807, 2.05) is 49.1 Å². The third-order valence-electron chi connectivity index (χ3n) is 4.47. The van der Waals surface area contributed by atoms with Gasteiger partial charge >= 0.3 is 6.18 Å². The monoisotopic (exact) mass is 359 g/mol. The largest absolute Gasteiger partial charge is 0.416 e. The van der Waals surface area contributed by atoms with E-state index in [0.717, 1.165) is 41.9 Å². The van der Waals surface area contributed by atoms with Crippen LogP contribution in [-0.4, -0.2) is 23.1 Å². The lowest BCUT2D eigenvalue weighted by Gasteiger charge is -2.19. The van der Waals surface area contributed by atoms with Gasteiger partial charge in [0.05, 0.1) is 11.9 Å². The highest BCUT2D eigenvalue weighted by Gasteiger charge is 2.29. The van der Waals surface area contributed by atoms with Crippen molar-refractivity contribution in [3.8, 4) is 11.1 Å². The molecule has 0 amide bonds. The van der Waals surface area contributed by atoms with Crippen LogP contribution in [0.5, 0.6) is 0 Å². The normalized spacial score (nSPS) is 11.6. The van der Waals surface area contributed by atoms with Crippen molar-refractivity contribution in [2.24, 2.45) is 7.05 Å². The Hall–Kier alpha value is -2.76. The molecule has 0 saturated heterocycles. The van der Waals surface area contributed by atoms with Crippen molar-refractivity contribution in [2.75, 3.05) is 18.5 Å². The SMILES string of the molecule is CN(CCc1cncn1C)c1ccc(-c2ccc(C(F)(F)F)cc2)cc1. The van der Waals surface area contributed by atoms with Crippen LogP contribution in [0.25, 0.3) is 11.1 Å². The molecule has 1 aromatic heterocycles. The molecular formula is C20H20F3N3. The molecule has 0 fully saturated rings. The number of hydrogen-bond donors (Lipinski definition) is 0. The quantitative estimate of drug-likeness (QED) is 0.653. The number of alkyl halides is 3. The molecule has 3 aromatic rings. The average Bonchev–Trinajstić information content (AvgIpc) is 3.04. The second-order valence-electron chi connectivity index (χ2n) is 6.29. The first-order valence-corrected chi connectivity index (χ1v) is 8.28. The Balaban J connectivity index is 1.67. The summed E-state index contributed by atoms with van der Waals surface area (Å²) in [6.07, 6.45) is 0.225. The molecule has 26 heavy (non-hydrogen) atoms. The summed E-state index contributed by atoms with van der Waals surface area (Å²) in [5.74, 6) is 0. The number of anilines is 1. The van der Waals surface area contributed by atoms with Gasteiger partial charge in [-0.05, 0) is 35.4 Å². The number of halogens is 3. The van der Waals surface area contributed by atoms with E-state index in [4.69, 9.17) is 0 Å². The number of benzene rings is 2. The summed E-state index contributed by atoms with van der Waals surface area (Å²) in [7, 11) is 3.99. The van der Waals surface area contributed by atoms with Crippen molar-refractivity contribution < 1.29 is 13.2 Å². The molecule has 0 saturated carbocycles. The third-order valence-corrected chi connectivity index (χ3v) is 4.47. The summed E-state index contributed by atoms with van der Waals surface area (Å²) >= 11 is 0. The van der Waals surface area contributed by atoms with Crippen molar-refractivity contribution in [3.05, 3.63) is 72.3 Å². The Kier molecular flexibility index (Phi) is 5.02. The van der Waals surface area contributed by atoms with Gasteiger partial charge in [0.1, 0.15) is 0 Å². The summed E-state index contributed by atoms with van der Waals surface area (Å²) in [4.78, 5) is 6.26. The molecule has 0 N–H and O–H groups in total. The molecule has 136 valence electrons. The van der Waals surface area contributed by atoms with Crippen molar-refractivity contribution >= 4 is 5.69 Å². The Labute approximate surface area is 150 Å². The molecular weight excluding hydrogens is 339 g/mol. The molecule has 0 radical (unpaired) electrons. The molecule has 0 atom stereocenters. The van der Waals surface area contributed by atoms with Gasteiger partial charge in [0.15, 0.2) is 0 Å². The number of hydrogen-bond acceptors (Lipinski definition) is 2. The van der Waals surface area contributed by atoms with Crippen LogP contribution in [0.2, 0.25) is 0 Å². The lowest BCUT2D eigenvalue weighted by atomic mass is 10.0. The van der Waals surface area contributed by atoms with Gasteiger partial charge in [-0.3, -0.25) is 0 Å².